The number of hydrogen-bond acceptors (Lipinski definition) is 4. The molecule has 1 unspecified atom stereocenters. The SMILES string of the molecule is CCCN(C(=O)c1ccc([N+](=O)[O-])cc1C)C1CCNC1.Cl. The Morgan fingerprint density at radius 3 is 2.73 bits per heavy atom. The molecule has 7 heteroatoms. The molecular formula is C15H22ClN3O3. The number of amides is 1. The molecule has 1 aliphatic rings. The molecule has 0 saturated carbocycles. The van der Waals surface area contributed by atoms with E-state index in [-0.39, 0.29) is 30.0 Å². The first-order chi connectivity index (χ1) is 10.0. The highest BCUT2D eigenvalue weighted by atomic mass is 35.5. The summed E-state index contributed by atoms with van der Waals surface area (Å²) < 4.78 is 0. The van der Waals surface area contributed by atoms with E-state index in [1.165, 1.54) is 12.1 Å². The van der Waals surface area contributed by atoms with Crippen molar-refractivity contribution in [1.29, 1.82) is 0 Å². The number of aryl methyl sites for hydroxylation is 1. The maximum absolute atomic E-state index is 12.8. The molecule has 0 aliphatic carbocycles. The van der Waals surface area contributed by atoms with Crippen molar-refractivity contribution in [2.24, 2.45) is 0 Å². The lowest BCUT2D eigenvalue weighted by molar-refractivity contribution is -0.384. The lowest BCUT2D eigenvalue weighted by Gasteiger charge is -2.28. The second kappa shape index (κ2) is 8.10. The standard InChI is InChI=1S/C15H21N3O3.ClH/c1-3-8-17(13-6-7-16-10-13)15(19)14-5-4-12(18(20)21)9-11(14)2;/h4-5,9,13,16H,3,6-8,10H2,1-2H3;1H. The molecule has 1 heterocycles. The summed E-state index contributed by atoms with van der Waals surface area (Å²) >= 11 is 0. The van der Waals surface area contributed by atoms with Gasteiger partial charge in [-0.25, -0.2) is 0 Å². The van der Waals surface area contributed by atoms with E-state index >= 15 is 0 Å². The summed E-state index contributed by atoms with van der Waals surface area (Å²) in [5, 5.41) is 14.1. The van der Waals surface area contributed by atoms with E-state index in [0.717, 1.165) is 25.9 Å². The third-order valence-electron chi connectivity index (χ3n) is 3.85. The lowest BCUT2D eigenvalue weighted by atomic mass is 10.0. The molecule has 0 spiro atoms. The summed E-state index contributed by atoms with van der Waals surface area (Å²) in [6.45, 7) is 6.25. The van der Waals surface area contributed by atoms with Crippen molar-refractivity contribution < 1.29 is 9.72 Å². The molecule has 1 N–H and O–H groups in total. The topological polar surface area (TPSA) is 75.5 Å². The van der Waals surface area contributed by atoms with Crippen LogP contribution in [-0.4, -0.2) is 41.4 Å². The third-order valence-corrected chi connectivity index (χ3v) is 3.85. The zero-order chi connectivity index (χ0) is 15.4. The average Bonchev–Trinajstić information content (AvgIpc) is 2.97. The number of nitro benzene ring substituents is 1. The van der Waals surface area contributed by atoms with Gasteiger partial charge in [0, 0.05) is 36.8 Å². The molecule has 0 radical (unpaired) electrons. The highest BCUT2D eigenvalue weighted by molar-refractivity contribution is 5.96. The first-order valence-electron chi connectivity index (χ1n) is 7.31. The van der Waals surface area contributed by atoms with Gasteiger partial charge in [0.05, 0.1) is 4.92 Å². The fourth-order valence-electron chi connectivity index (χ4n) is 2.75. The van der Waals surface area contributed by atoms with Crippen molar-refractivity contribution in [2.45, 2.75) is 32.7 Å². The van der Waals surface area contributed by atoms with Crippen LogP contribution in [0.4, 0.5) is 5.69 Å². The monoisotopic (exact) mass is 327 g/mol. The van der Waals surface area contributed by atoms with E-state index in [2.05, 4.69) is 5.32 Å². The van der Waals surface area contributed by atoms with Crippen LogP contribution in [0.1, 0.15) is 35.7 Å². The Morgan fingerprint density at radius 1 is 1.50 bits per heavy atom. The number of benzene rings is 1. The lowest BCUT2D eigenvalue weighted by Crippen LogP contribution is -2.42. The minimum Gasteiger partial charge on any atom is -0.334 e. The highest BCUT2D eigenvalue weighted by Crippen LogP contribution is 2.21. The second-order valence-corrected chi connectivity index (χ2v) is 5.40. The number of nitrogens with zero attached hydrogens (tertiary/aromatic N) is 2. The van der Waals surface area contributed by atoms with Crippen LogP contribution in [0, 0.1) is 17.0 Å². The number of nitrogens with one attached hydrogen (secondary N) is 1. The fraction of sp³-hybridized carbons (Fsp3) is 0.533. The first-order valence-corrected chi connectivity index (χ1v) is 7.31. The van der Waals surface area contributed by atoms with Crippen LogP contribution in [0.2, 0.25) is 0 Å². The number of hydrogen-bond donors (Lipinski definition) is 1. The number of rotatable bonds is 5. The Balaban J connectivity index is 0.00000242. The zero-order valence-corrected chi connectivity index (χ0v) is 13.7. The zero-order valence-electron chi connectivity index (χ0n) is 12.9. The molecule has 1 aromatic carbocycles. The van der Waals surface area contributed by atoms with Gasteiger partial charge in [-0.15, -0.1) is 12.4 Å². The van der Waals surface area contributed by atoms with E-state index in [9.17, 15) is 14.9 Å². The molecule has 1 atom stereocenters. The van der Waals surface area contributed by atoms with Gasteiger partial charge in [-0.2, -0.15) is 0 Å². The largest absolute Gasteiger partial charge is 0.334 e. The molecule has 122 valence electrons. The number of non-ortho nitro benzene ring substituents is 1. The van der Waals surface area contributed by atoms with Crippen LogP contribution >= 0.6 is 12.4 Å². The summed E-state index contributed by atoms with van der Waals surface area (Å²) in [5.41, 5.74) is 1.23. The summed E-state index contributed by atoms with van der Waals surface area (Å²) in [5.74, 6) is -0.0297. The summed E-state index contributed by atoms with van der Waals surface area (Å²) in [4.78, 5) is 25.0. The Labute approximate surface area is 136 Å². The quantitative estimate of drug-likeness (QED) is 0.666. The van der Waals surface area contributed by atoms with Crippen LogP contribution in [0.3, 0.4) is 0 Å². The van der Waals surface area contributed by atoms with E-state index in [1.807, 2.05) is 11.8 Å². The predicted molar refractivity (Wildman–Crippen MR) is 87.7 cm³/mol. The number of carbonyl (C=O) groups is 1. The number of carbonyl (C=O) groups excluding carboxylic acids is 1. The Hall–Kier alpha value is -1.66. The molecule has 1 saturated heterocycles. The molecule has 22 heavy (non-hydrogen) atoms. The molecule has 0 bridgehead atoms. The highest BCUT2D eigenvalue weighted by Gasteiger charge is 2.27. The normalized spacial score (nSPS) is 16.9. The van der Waals surface area contributed by atoms with E-state index in [1.54, 1.807) is 13.0 Å². The van der Waals surface area contributed by atoms with Gasteiger partial charge in [-0.3, -0.25) is 14.9 Å². The van der Waals surface area contributed by atoms with Gasteiger partial charge in [0.1, 0.15) is 0 Å². The van der Waals surface area contributed by atoms with Crippen molar-refractivity contribution in [1.82, 2.24) is 10.2 Å². The minimum atomic E-state index is -0.439. The van der Waals surface area contributed by atoms with Gasteiger partial charge in [0.2, 0.25) is 0 Å². The fourth-order valence-corrected chi connectivity index (χ4v) is 2.75. The van der Waals surface area contributed by atoms with Gasteiger partial charge < -0.3 is 10.2 Å². The van der Waals surface area contributed by atoms with Crippen molar-refractivity contribution in [3.8, 4) is 0 Å². The second-order valence-electron chi connectivity index (χ2n) is 5.40. The van der Waals surface area contributed by atoms with Crippen molar-refractivity contribution in [3.63, 3.8) is 0 Å². The first kappa shape index (κ1) is 18.4. The van der Waals surface area contributed by atoms with Crippen LogP contribution < -0.4 is 5.32 Å². The minimum absolute atomic E-state index is 0. The predicted octanol–water partition coefficient (Wildman–Crippen LogP) is 2.54. The summed E-state index contributed by atoms with van der Waals surface area (Å²) in [6.07, 6.45) is 1.85. The Bertz CT molecular complexity index is 545. The Kier molecular flexibility index (Phi) is 6.77. The van der Waals surface area contributed by atoms with Gasteiger partial charge in [-0.1, -0.05) is 6.92 Å². The van der Waals surface area contributed by atoms with Crippen molar-refractivity contribution in [3.05, 3.63) is 39.4 Å². The van der Waals surface area contributed by atoms with E-state index in [4.69, 9.17) is 0 Å². The van der Waals surface area contributed by atoms with Crippen LogP contribution in [0.5, 0.6) is 0 Å². The smallest absolute Gasteiger partial charge is 0.269 e. The molecule has 6 nitrogen and oxygen atoms in total. The molecule has 1 fully saturated rings. The molecule has 1 aromatic rings. The van der Waals surface area contributed by atoms with Crippen LogP contribution in [-0.2, 0) is 0 Å². The molecule has 1 aliphatic heterocycles. The van der Waals surface area contributed by atoms with Gasteiger partial charge >= 0.3 is 0 Å². The maximum atomic E-state index is 12.8. The van der Waals surface area contributed by atoms with Crippen molar-refractivity contribution >= 4 is 24.0 Å². The molecule has 1 amide bonds. The summed E-state index contributed by atoms with van der Waals surface area (Å²) in [6, 6.07) is 4.65. The molecule has 0 aromatic heterocycles. The van der Waals surface area contributed by atoms with Crippen LogP contribution in [0.25, 0.3) is 0 Å². The van der Waals surface area contributed by atoms with Gasteiger partial charge in [-0.05, 0) is 37.9 Å². The molecule has 2 rings (SSSR count). The summed E-state index contributed by atoms with van der Waals surface area (Å²) in [7, 11) is 0. The average molecular weight is 328 g/mol. The van der Waals surface area contributed by atoms with Gasteiger partial charge in [0.25, 0.3) is 11.6 Å². The number of nitro groups is 1. The van der Waals surface area contributed by atoms with E-state index in [0.29, 0.717) is 17.7 Å². The third kappa shape index (κ3) is 3.96. The number of halogens is 1. The van der Waals surface area contributed by atoms with E-state index < -0.39 is 4.92 Å². The molecular weight excluding hydrogens is 306 g/mol. The maximum Gasteiger partial charge on any atom is 0.269 e. The Morgan fingerprint density at radius 2 is 2.23 bits per heavy atom. The van der Waals surface area contributed by atoms with Gasteiger partial charge in [0.15, 0.2) is 0 Å². The van der Waals surface area contributed by atoms with Crippen LogP contribution in [0.15, 0.2) is 18.2 Å². The van der Waals surface area contributed by atoms with Crippen molar-refractivity contribution in [2.75, 3.05) is 19.6 Å².